The Morgan fingerprint density at radius 1 is 1.03 bits per heavy atom. The molecule has 0 saturated heterocycles. The molecule has 0 spiro atoms. The number of aryl methyl sites for hydroxylation is 1. The van der Waals surface area contributed by atoms with E-state index in [-0.39, 0.29) is 24.4 Å². The Kier molecular flexibility index (Phi) is 11.6. The summed E-state index contributed by atoms with van der Waals surface area (Å²) in [6, 6.07) is 18.1. The van der Waals surface area contributed by atoms with E-state index in [4.69, 9.17) is 9.47 Å². The van der Waals surface area contributed by atoms with Crippen LogP contribution < -0.4 is 0 Å². The molecule has 0 heterocycles. The molecule has 5 heteroatoms. The first-order valence-corrected chi connectivity index (χ1v) is 11.7. The second-order valence-corrected chi connectivity index (χ2v) is 8.70. The number of carbonyl (C=O) groups is 1. The molecule has 0 fully saturated rings. The largest absolute Gasteiger partial charge is 0.464 e. The minimum Gasteiger partial charge on any atom is -0.464 e. The molecule has 0 aliphatic rings. The molecule has 2 rings (SSSR count). The number of ether oxygens (including phenoxy) is 2. The third-order valence-electron chi connectivity index (χ3n) is 4.75. The number of aliphatic hydroxyl groups is 1. The summed E-state index contributed by atoms with van der Waals surface area (Å²) in [6.07, 6.45) is 4.81. The summed E-state index contributed by atoms with van der Waals surface area (Å²) < 4.78 is 10.7. The molecule has 0 radical (unpaired) electrons. The van der Waals surface area contributed by atoms with Gasteiger partial charge in [0.05, 0.1) is 24.6 Å². The fraction of sp³-hybridized carbons (Fsp3) is 0.480. The van der Waals surface area contributed by atoms with Gasteiger partial charge in [-0.05, 0) is 31.0 Å². The Labute approximate surface area is 185 Å². The Bertz CT molecular complexity index is 735. The molecule has 0 aliphatic heterocycles. The molecule has 0 bridgehead atoms. The normalized spacial score (nSPS) is 13.0. The zero-order valence-corrected chi connectivity index (χ0v) is 18.9. The fourth-order valence-corrected chi connectivity index (χ4v) is 4.36. The van der Waals surface area contributed by atoms with Crippen LogP contribution in [0.1, 0.15) is 55.4 Å². The van der Waals surface area contributed by atoms with Gasteiger partial charge in [0.15, 0.2) is 0 Å². The van der Waals surface area contributed by atoms with Gasteiger partial charge in [-0.1, -0.05) is 80.6 Å². The number of carbonyl (C=O) groups excluding carboxylic acids is 1. The minimum absolute atomic E-state index is 0.0734. The van der Waals surface area contributed by atoms with Gasteiger partial charge in [-0.2, -0.15) is 0 Å². The number of aliphatic hydroxyl groups excluding tert-OH is 1. The highest BCUT2D eigenvalue weighted by Gasteiger charge is 2.23. The number of hydrogen-bond acceptors (Lipinski definition) is 5. The lowest BCUT2D eigenvalue weighted by molar-refractivity contribution is -0.150. The molecular weight excluding hydrogens is 396 g/mol. The van der Waals surface area contributed by atoms with Crippen molar-refractivity contribution in [2.45, 2.75) is 62.2 Å². The zero-order chi connectivity index (χ0) is 21.6. The Balaban J connectivity index is 1.81. The minimum atomic E-state index is -0.750. The van der Waals surface area contributed by atoms with Gasteiger partial charge >= 0.3 is 5.97 Å². The topological polar surface area (TPSA) is 55.8 Å². The van der Waals surface area contributed by atoms with Crippen LogP contribution in [0.4, 0.5) is 0 Å². The van der Waals surface area contributed by atoms with Crippen LogP contribution in [0.2, 0.25) is 0 Å². The maximum atomic E-state index is 11.8. The summed E-state index contributed by atoms with van der Waals surface area (Å²) in [5, 5.41) is 10.6. The van der Waals surface area contributed by atoms with Gasteiger partial charge in [0.1, 0.15) is 6.61 Å². The number of hydrogen-bond donors (Lipinski definition) is 1. The highest BCUT2D eigenvalue weighted by atomic mass is 32.2. The van der Waals surface area contributed by atoms with E-state index in [1.54, 1.807) is 11.8 Å². The lowest BCUT2D eigenvalue weighted by Gasteiger charge is -2.23. The molecule has 0 saturated carbocycles. The van der Waals surface area contributed by atoms with Crippen LogP contribution in [0.25, 0.3) is 0 Å². The van der Waals surface area contributed by atoms with Crippen LogP contribution >= 0.6 is 11.8 Å². The van der Waals surface area contributed by atoms with E-state index >= 15 is 0 Å². The molecule has 0 aromatic heterocycles. The van der Waals surface area contributed by atoms with Gasteiger partial charge in [-0.15, -0.1) is 11.8 Å². The quantitative estimate of drug-likeness (QED) is 0.236. The predicted molar refractivity (Wildman–Crippen MR) is 123 cm³/mol. The summed E-state index contributed by atoms with van der Waals surface area (Å²) in [4.78, 5) is 12.9. The maximum Gasteiger partial charge on any atom is 0.332 e. The molecule has 2 atom stereocenters. The van der Waals surface area contributed by atoms with Gasteiger partial charge in [0.2, 0.25) is 0 Å². The Hall–Kier alpha value is -1.82. The van der Waals surface area contributed by atoms with E-state index in [0.29, 0.717) is 6.61 Å². The molecule has 30 heavy (non-hydrogen) atoms. The van der Waals surface area contributed by atoms with Crippen LogP contribution in [0.15, 0.2) is 59.5 Å². The average molecular weight is 431 g/mol. The van der Waals surface area contributed by atoms with Gasteiger partial charge in [0, 0.05) is 4.90 Å². The third-order valence-corrected chi connectivity index (χ3v) is 6.12. The number of thioether (sulfide) groups is 1. The first-order chi connectivity index (χ1) is 14.6. The van der Waals surface area contributed by atoms with Crippen molar-refractivity contribution in [2.24, 2.45) is 0 Å². The monoisotopic (exact) mass is 430 g/mol. The zero-order valence-electron chi connectivity index (χ0n) is 18.1. The number of benzene rings is 2. The Morgan fingerprint density at radius 2 is 1.80 bits per heavy atom. The predicted octanol–water partition coefficient (Wildman–Crippen LogP) is 5.72. The first-order valence-electron chi connectivity index (χ1n) is 10.8. The van der Waals surface area contributed by atoms with Crippen molar-refractivity contribution >= 4 is 17.7 Å². The molecule has 164 valence electrons. The van der Waals surface area contributed by atoms with Gasteiger partial charge in [-0.25, -0.2) is 4.79 Å². The van der Waals surface area contributed by atoms with Gasteiger partial charge < -0.3 is 14.6 Å². The van der Waals surface area contributed by atoms with Gasteiger partial charge in [-0.3, -0.25) is 0 Å². The summed E-state index contributed by atoms with van der Waals surface area (Å²) in [7, 11) is 0. The van der Waals surface area contributed by atoms with E-state index in [9.17, 15) is 9.90 Å². The smallest absolute Gasteiger partial charge is 0.332 e. The standard InChI is InChI=1S/C25H34O4S/c1-3-4-5-6-10-16-29-24(27)19-28-18-23(26)25(21-13-8-7-9-14-21)30-22-15-11-12-20(2)17-22/h7-9,11-15,17,23,25-26H,3-6,10,16,18-19H2,1-2H3. The number of unbranched alkanes of at least 4 members (excludes halogenated alkanes) is 4. The van der Waals surface area contributed by atoms with Crippen LogP contribution in [-0.4, -0.2) is 37.0 Å². The van der Waals surface area contributed by atoms with E-state index < -0.39 is 6.10 Å². The van der Waals surface area contributed by atoms with Crippen molar-refractivity contribution in [1.82, 2.24) is 0 Å². The molecular formula is C25H34O4S. The second kappa shape index (κ2) is 14.2. The van der Waals surface area contributed by atoms with Crippen molar-refractivity contribution in [3.63, 3.8) is 0 Å². The van der Waals surface area contributed by atoms with Crippen molar-refractivity contribution < 1.29 is 19.4 Å². The lowest BCUT2D eigenvalue weighted by Crippen LogP contribution is -2.25. The van der Waals surface area contributed by atoms with Crippen molar-refractivity contribution in [2.75, 3.05) is 19.8 Å². The van der Waals surface area contributed by atoms with Crippen LogP contribution in [0, 0.1) is 6.92 Å². The maximum absolute atomic E-state index is 11.8. The second-order valence-electron chi connectivity index (χ2n) is 7.48. The Morgan fingerprint density at radius 3 is 2.53 bits per heavy atom. The average Bonchev–Trinajstić information content (AvgIpc) is 2.75. The van der Waals surface area contributed by atoms with E-state index in [2.05, 4.69) is 26.0 Å². The lowest BCUT2D eigenvalue weighted by atomic mass is 10.1. The third kappa shape index (κ3) is 9.33. The van der Waals surface area contributed by atoms with Crippen LogP contribution in [0.3, 0.4) is 0 Å². The molecule has 2 aromatic carbocycles. The van der Waals surface area contributed by atoms with Crippen LogP contribution in [0.5, 0.6) is 0 Å². The van der Waals surface area contributed by atoms with Gasteiger partial charge in [0.25, 0.3) is 0 Å². The summed E-state index contributed by atoms with van der Waals surface area (Å²) in [5.41, 5.74) is 2.20. The summed E-state index contributed by atoms with van der Waals surface area (Å²) in [5.74, 6) is -0.375. The fourth-order valence-electron chi connectivity index (χ4n) is 3.13. The van der Waals surface area contributed by atoms with E-state index in [1.165, 1.54) is 24.8 Å². The SMILES string of the molecule is CCCCCCCOC(=O)COCC(O)C(Sc1cccc(C)c1)c1ccccc1. The van der Waals surface area contributed by atoms with Crippen LogP contribution in [-0.2, 0) is 14.3 Å². The summed E-state index contributed by atoms with van der Waals surface area (Å²) in [6.45, 7) is 4.60. The molecule has 4 nitrogen and oxygen atoms in total. The molecule has 1 N–H and O–H groups in total. The van der Waals surface area contributed by atoms with E-state index in [1.807, 2.05) is 42.5 Å². The van der Waals surface area contributed by atoms with E-state index in [0.717, 1.165) is 23.3 Å². The molecule has 2 aromatic rings. The summed E-state index contributed by atoms with van der Waals surface area (Å²) >= 11 is 1.60. The molecule has 2 unspecified atom stereocenters. The van der Waals surface area contributed by atoms with Crippen molar-refractivity contribution in [1.29, 1.82) is 0 Å². The highest BCUT2D eigenvalue weighted by Crippen LogP contribution is 2.38. The first kappa shape index (κ1) is 24.4. The molecule has 0 aliphatic carbocycles. The number of rotatable bonds is 14. The van der Waals surface area contributed by atoms with Crippen molar-refractivity contribution in [3.8, 4) is 0 Å². The highest BCUT2D eigenvalue weighted by molar-refractivity contribution is 7.99. The number of esters is 1. The van der Waals surface area contributed by atoms with Crippen molar-refractivity contribution in [3.05, 3.63) is 65.7 Å². The molecule has 0 amide bonds.